The highest BCUT2D eigenvalue weighted by atomic mass is 32.2. The van der Waals surface area contributed by atoms with Gasteiger partial charge in [-0.25, -0.2) is 8.42 Å². The van der Waals surface area contributed by atoms with Crippen LogP contribution in [0.4, 0.5) is 0 Å². The molecule has 0 amide bonds. The number of carbonyl (C=O) groups excluding carboxylic acids is 1. The van der Waals surface area contributed by atoms with E-state index in [0.29, 0.717) is 6.42 Å². The highest BCUT2D eigenvalue weighted by Gasteiger charge is 2.33. The smallest absolute Gasteiger partial charge is 0.150 e. The minimum Gasteiger partial charge on any atom is -0.300 e. The molecule has 0 aromatic rings. The summed E-state index contributed by atoms with van der Waals surface area (Å²) in [7, 11) is -2.83. The lowest BCUT2D eigenvalue weighted by atomic mass is 9.91. The van der Waals surface area contributed by atoms with Gasteiger partial charge in [0.25, 0.3) is 0 Å². The first-order chi connectivity index (χ1) is 5.42. The van der Waals surface area contributed by atoms with Crippen molar-refractivity contribution >= 4 is 15.6 Å². The molecule has 3 nitrogen and oxygen atoms in total. The van der Waals surface area contributed by atoms with Crippen molar-refractivity contribution < 1.29 is 13.2 Å². The molecule has 1 saturated heterocycles. The van der Waals surface area contributed by atoms with Gasteiger partial charge in [0.2, 0.25) is 0 Å². The third kappa shape index (κ3) is 2.06. The average Bonchev–Trinajstić information content (AvgIpc) is 2.28. The maximum atomic E-state index is 11.1. The molecule has 1 heterocycles. The zero-order valence-corrected chi connectivity index (χ0v) is 8.23. The van der Waals surface area contributed by atoms with Gasteiger partial charge in [-0.15, -0.1) is 0 Å². The highest BCUT2D eigenvalue weighted by molar-refractivity contribution is 7.91. The zero-order chi connectivity index (χ0) is 9.35. The second-order valence-electron chi connectivity index (χ2n) is 3.56. The SMILES string of the molecule is CC(=O)C(C)C1CCS(=O)(=O)C1. The lowest BCUT2D eigenvalue weighted by molar-refractivity contribution is -0.121. The number of ketones is 1. The van der Waals surface area contributed by atoms with Crippen LogP contribution >= 0.6 is 0 Å². The van der Waals surface area contributed by atoms with Crippen molar-refractivity contribution in [1.82, 2.24) is 0 Å². The molecular formula is C8H14O3S. The molecule has 1 aliphatic heterocycles. The summed E-state index contributed by atoms with van der Waals surface area (Å²) in [6, 6.07) is 0. The summed E-state index contributed by atoms with van der Waals surface area (Å²) >= 11 is 0. The Balaban J connectivity index is 2.64. The van der Waals surface area contributed by atoms with Gasteiger partial charge in [-0.3, -0.25) is 4.79 Å². The molecule has 12 heavy (non-hydrogen) atoms. The summed E-state index contributed by atoms with van der Waals surface area (Å²) in [4.78, 5) is 10.9. The van der Waals surface area contributed by atoms with E-state index in [0.717, 1.165) is 0 Å². The van der Waals surface area contributed by atoms with E-state index in [1.165, 1.54) is 6.92 Å². The van der Waals surface area contributed by atoms with Crippen LogP contribution in [0.3, 0.4) is 0 Å². The van der Waals surface area contributed by atoms with Gasteiger partial charge in [-0.1, -0.05) is 6.92 Å². The lowest BCUT2D eigenvalue weighted by Gasteiger charge is -2.13. The largest absolute Gasteiger partial charge is 0.300 e. The Morgan fingerprint density at radius 3 is 2.42 bits per heavy atom. The van der Waals surface area contributed by atoms with Crippen molar-refractivity contribution in [3.8, 4) is 0 Å². The van der Waals surface area contributed by atoms with E-state index in [-0.39, 0.29) is 29.1 Å². The summed E-state index contributed by atoms with van der Waals surface area (Å²) < 4.78 is 22.1. The van der Waals surface area contributed by atoms with Gasteiger partial charge in [0, 0.05) is 5.92 Å². The van der Waals surface area contributed by atoms with Crippen molar-refractivity contribution in [3.05, 3.63) is 0 Å². The number of Topliss-reactive ketones (excluding diaryl/α,β-unsaturated/α-hetero) is 1. The Kier molecular flexibility index (Phi) is 2.56. The molecule has 1 fully saturated rings. The molecule has 0 radical (unpaired) electrons. The number of carbonyl (C=O) groups is 1. The van der Waals surface area contributed by atoms with Crippen LogP contribution in [0.1, 0.15) is 20.3 Å². The summed E-state index contributed by atoms with van der Waals surface area (Å²) in [5.74, 6) is 0.523. The maximum absolute atomic E-state index is 11.1. The molecule has 0 aromatic carbocycles. The van der Waals surface area contributed by atoms with Gasteiger partial charge < -0.3 is 0 Å². The van der Waals surface area contributed by atoms with Crippen LogP contribution in [0.15, 0.2) is 0 Å². The number of rotatable bonds is 2. The molecule has 0 saturated carbocycles. The van der Waals surface area contributed by atoms with Gasteiger partial charge in [-0.2, -0.15) is 0 Å². The van der Waals surface area contributed by atoms with E-state index in [4.69, 9.17) is 0 Å². The Morgan fingerprint density at radius 1 is 1.50 bits per heavy atom. The molecule has 0 aromatic heterocycles. The monoisotopic (exact) mass is 190 g/mol. The predicted molar refractivity (Wildman–Crippen MR) is 46.6 cm³/mol. The lowest BCUT2D eigenvalue weighted by Crippen LogP contribution is -2.19. The molecule has 0 spiro atoms. The van der Waals surface area contributed by atoms with Crippen molar-refractivity contribution in [2.45, 2.75) is 20.3 Å². The molecule has 1 aliphatic rings. The Hall–Kier alpha value is -0.380. The summed E-state index contributed by atoms with van der Waals surface area (Å²) in [5.41, 5.74) is 0. The van der Waals surface area contributed by atoms with Gasteiger partial charge in [0.05, 0.1) is 11.5 Å². The highest BCUT2D eigenvalue weighted by Crippen LogP contribution is 2.26. The van der Waals surface area contributed by atoms with Gasteiger partial charge in [0.1, 0.15) is 5.78 Å². The summed E-state index contributed by atoms with van der Waals surface area (Å²) in [5, 5.41) is 0. The molecule has 0 N–H and O–H groups in total. The van der Waals surface area contributed by atoms with Gasteiger partial charge in [0.15, 0.2) is 9.84 Å². The first kappa shape index (κ1) is 9.71. The fourth-order valence-electron chi connectivity index (χ4n) is 1.55. The normalized spacial score (nSPS) is 30.0. The van der Waals surface area contributed by atoms with E-state index < -0.39 is 9.84 Å². The van der Waals surface area contributed by atoms with Crippen LogP contribution in [-0.4, -0.2) is 25.7 Å². The van der Waals surface area contributed by atoms with E-state index in [1.807, 2.05) is 6.92 Å². The predicted octanol–water partition coefficient (Wildman–Crippen LogP) is 0.646. The fraction of sp³-hybridized carbons (Fsp3) is 0.875. The topological polar surface area (TPSA) is 51.2 Å². The molecule has 4 heteroatoms. The molecule has 2 atom stereocenters. The van der Waals surface area contributed by atoms with Crippen LogP contribution in [-0.2, 0) is 14.6 Å². The van der Waals surface area contributed by atoms with E-state index in [9.17, 15) is 13.2 Å². The van der Waals surface area contributed by atoms with E-state index in [1.54, 1.807) is 0 Å². The summed E-state index contributed by atoms with van der Waals surface area (Å²) in [6.45, 7) is 3.34. The number of sulfone groups is 1. The van der Waals surface area contributed by atoms with Crippen molar-refractivity contribution in [2.75, 3.05) is 11.5 Å². The van der Waals surface area contributed by atoms with Crippen LogP contribution in [0.25, 0.3) is 0 Å². The van der Waals surface area contributed by atoms with Crippen LogP contribution in [0.5, 0.6) is 0 Å². The Bertz CT molecular complexity index is 279. The molecule has 70 valence electrons. The van der Waals surface area contributed by atoms with Crippen molar-refractivity contribution in [2.24, 2.45) is 11.8 Å². The van der Waals surface area contributed by atoms with Gasteiger partial charge in [-0.05, 0) is 19.3 Å². The van der Waals surface area contributed by atoms with Crippen molar-refractivity contribution in [1.29, 1.82) is 0 Å². The average molecular weight is 190 g/mol. The Labute approximate surface area is 73.1 Å². The molecule has 0 aliphatic carbocycles. The zero-order valence-electron chi connectivity index (χ0n) is 7.41. The first-order valence-electron chi connectivity index (χ1n) is 4.13. The third-order valence-electron chi connectivity index (χ3n) is 2.62. The van der Waals surface area contributed by atoms with Crippen molar-refractivity contribution in [3.63, 3.8) is 0 Å². The van der Waals surface area contributed by atoms with Gasteiger partial charge >= 0.3 is 0 Å². The minimum absolute atomic E-state index is 0.0625. The minimum atomic E-state index is -2.83. The third-order valence-corrected chi connectivity index (χ3v) is 4.41. The standard InChI is InChI=1S/C8H14O3S/c1-6(7(2)9)8-3-4-12(10,11)5-8/h6,8H,3-5H2,1-2H3. The molecule has 0 bridgehead atoms. The number of hydrogen-bond donors (Lipinski definition) is 0. The second-order valence-corrected chi connectivity index (χ2v) is 5.79. The Morgan fingerprint density at radius 2 is 2.08 bits per heavy atom. The van der Waals surface area contributed by atoms with E-state index in [2.05, 4.69) is 0 Å². The fourth-order valence-corrected chi connectivity index (χ4v) is 3.49. The number of hydrogen-bond acceptors (Lipinski definition) is 3. The summed E-state index contributed by atoms with van der Waals surface area (Å²) in [6.07, 6.45) is 0.656. The molecule has 1 rings (SSSR count). The van der Waals surface area contributed by atoms with E-state index >= 15 is 0 Å². The molecular weight excluding hydrogens is 176 g/mol. The van der Waals surface area contributed by atoms with Crippen LogP contribution in [0.2, 0.25) is 0 Å². The first-order valence-corrected chi connectivity index (χ1v) is 5.95. The van der Waals surface area contributed by atoms with Crippen LogP contribution < -0.4 is 0 Å². The second kappa shape index (κ2) is 3.17. The maximum Gasteiger partial charge on any atom is 0.150 e. The molecule has 2 unspecified atom stereocenters. The van der Waals surface area contributed by atoms with Crippen LogP contribution in [0, 0.1) is 11.8 Å². The quantitative estimate of drug-likeness (QED) is 0.642.